The van der Waals surface area contributed by atoms with Crippen molar-refractivity contribution in [3.05, 3.63) is 0 Å². The van der Waals surface area contributed by atoms with Crippen molar-refractivity contribution in [3.8, 4) is 0 Å². The fourth-order valence-corrected chi connectivity index (χ4v) is 0.716. The molecule has 0 radical (unpaired) electrons. The maximum absolute atomic E-state index is 11.0. The van der Waals surface area contributed by atoms with Gasteiger partial charge in [0.05, 0.1) is 6.10 Å². The molecule has 0 aromatic rings. The molecule has 72 valence electrons. The summed E-state index contributed by atoms with van der Waals surface area (Å²) in [6, 6.07) is -0.0704. The summed E-state index contributed by atoms with van der Waals surface area (Å²) in [4.78, 5) is 11.0. The van der Waals surface area contributed by atoms with Crippen molar-refractivity contribution in [1.82, 2.24) is 5.32 Å². The van der Waals surface area contributed by atoms with Crippen LogP contribution >= 0.6 is 0 Å². The molecular weight excluding hydrogens is 156 g/mol. The Kier molecular flexibility index (Phi) is 5.66. The van der Waals surface area contributed by atoms with Crippen molar-refractivity contribution < 1.29 is 9.90 Å². The Morgan fingerprint density at radius 2 is 2.25 bits per heavy atom. The monoisotopic (exact) mass is 174 g/mol. The lowest BCUT2D eigenvalue weighted by Crippen LogP contribution is -2.34. The van der Waals surface area contributed by atoms with Crippen molar-refractivity contribution in [3.63, 3.8) is 0 Å². The minimum atomic E-state index is -0.494. The zero-order valence-corrected chi connectivity index (χ0v) is 7.71. The van der Waals surface area contributed by atoms with Gasteiger partial charge in [-0.1, -0.05) is 6.92 Å². The van der Waals surface area contributed by atoms with Crippen LogP contribution in [0.15, 0.2) is 0 Å². The summed E-state index contributed by atoms with van der Waals surface area (Å²) in [6.45, 7) is 3.86. The highest BCUT2D eigenvalue weighted by Gasteiger charge is 2.07. The van der Waals surface area contributed by atoms with Crippen molar-refractivity contribution in [1.29, 1.82) is 0 Å². The van der Waals surface area contributed by atoms with Crippen LogP contribution in [-0.2, 0) is 4.79 Å². The molecule has 0 saturated carbocycles. The SMILES string of the molecule is CCC(N)CC(=O)NCC(C)O. The molecule has 4 heteroatoms. The summed E-state index contributed by atoms with van der Waals surface area (Å²) < 4.78 is 0. The molecule has 0 heterocycles. The smallest absolute Gasteiger partial charge is 0.221 e. The van der Waals surface area contributed by atoms with E-state index in [1.54, 1.807) is 6.92 Å². The molecule has 0 aromatic carbocycles. The first kappa shape index (κ1) is 11.4. The lowest BCUT2D eigenvalue weighted by molar-refractivity contribution is -0.121. The molecule has 0 bridgehead atoms. The van der Waals surface area contributed by atoms with Crippen molar-refractivity contribution in [2.75, 3.05) is 6.54 Å². The Labute approximate surface area is 73.1 Å². The number of carbonyl (C=O) groups is 1. The molecule has 0 rings (SSSR count). The average Bonchev–Trinajstić information content (AvgIpc) is 2.00. The van der Waals surface area contributed by atoms with E-state index in [4.69, 9.17) is 10.8 Å². The third-order valence-corrected chi connectivity index (χ3v) is 1.57. The summed E-state index contributed by atoms with van der Waals surface area (Å²) in [5.74, 6) is -0.0924. The molecule has 0 aliphatic heterocycles. The fourth-order valence-electron chi connectivity index (χ4n) is 0.716. The van der Waals surface area contributed by atoms with Gasteiger partial charge >= 0.3 is 0 Å². The van der Waals surface area contributed by atoms with Crippen molar-refractivity contribution in [2.24, 2.45) is 5.73 Å². The number of rotatable bonds is 5. The standard InChI is InChI=1S/C8H18N2O2/c1-3-7(9)4-8(12)10-5-6(2)11/h6-7,11H,3-5,9H2,1-2H3,(H,10,12). The van der Waals surface area contributed by atoms with Crippen LogP contribution in [0.5, 0.6) is 0 Å². The summed E-state index contributed by atoms with van der Waals surface area (Å²) in [5, 5.41) is 11.4. The Hall–Kier alpha value is -0.610. The highest BCUT2D eigenvalue weighted by atomic mass is 16.3. The molecule has 1 amide bonds. The maximum Gasteiger partial charge on any atom is 0.221 e. The van der Waals surface area contributed by atoms with E-state index in [2.05, 4.69) is 5.32 Å². The normalized spacial score (nSPS) is 15.3. The molecule has 0 aromatic heterocycles. The summed E-state index contributed by atoms with van der Waals surface area (Å²) >= 11 is 0. The maximum atomic E-state index is 11.0. The van der Waals surface area contributed by atoms with E-state index in [1.807, 2.05) is 6.92 Å². The molecule has 0 aliphatic rings. The molecule has 0 aliphatic carbocycles. The molecule has 0 spiro atoms. The summed E-state index contributed by atoms with van der Waals surface area (Å²) in [6.07, 6.45) is 0.637. The Morgan fingerprint density at radius 1 is 1.67 bits per heavy atom. The second kappa shape index (κ2) is 5.97. The number of carbonyl (C=O) groups excluding carboxylic acids is 1. The summed E-state index contributed by atoms with van der Waals surface area (Å²) in [5.41, 5.74) is 5.56. The number of aliphatic hydroxyl groups excluding tert-OH is 1. The highest BCUT2D eigenvalue weighted by molar-refractivity contribution is 5.76. The molecule has 0 saturated heterocycles. The van der Waals surface area contributed by atoms with E-state index >= 15 is 0 Å². The van der Waals surface area contributed by atoms with E-state index < -0.39 is 6.10 Å². The average molecular weight is 174 g/mol. The zero-order chi connectivity index (χ0) is 9.56. The van der Waals surface area contributed by atoms with E-state index in [0.717, 1.165) is 6.42 Å². The minimum Gasteiger partial charge on any atom is -0.392 e. The van der Waals surface area contributed by atoms with E-state index in [9.17, 15) is 4.79 Å². The third-order valence-electron chi connectivity index (χ3n) is 1.57. The van der Waals surface area contributed by atoms with Gasteiger partial charge in [0.2, 0.25) is 5.91 Å². The van der Waals surface area contributed by atoms with Gasteiger partial charge in [0.1, 0.15) is 0 Å². The van der Waals surface area contributed by atoms with Crippen LogP contribution in [0.4, 0.5) is 0 Å². The van der Waals surface area contributed by atoms with Gasteiger partial charge in [0, 0.05) is 19.0 Å². The first-order valence-corrected chi connectivity index (χ1v) is 4.26. The highest BCUT2D eigenvalue weighted by Crippen LogP contribution is 1.92. The van der Waals surface area contributed by atoms with Gasteiger partial charge in [-0.3, -0.25) is 4.79 Å². The molecule has 2 unspecified atom stereocenters. The van der Waals surface area contributed by atoms with Crippen LogP contribution in [0.1, 0.15) is 26.7 Å². The molecule has 0 fully saturated rings. The number of nitrogens with one attached hydrogen (secondary N) is 1. The van der Waals surface area contributed by atoms with Gasteiger partial charge in [0.15, 0.2) is 0 Å². The molecular formula is C8H18N2O2. The Morgan fingerprint density at radius 3 is 2.67 bits per heavy atom. The van der Waals surface area contributed by atoms with Gasteiger partial charge < -0.3 is 16.2 Å². The first-order chi connectivity index (χ1) is 5.56. The lowest BCUT2D eigenvalue weighted by Gasteiger charge is -2.10. The number of hydrogen-bond acceptors (Lipinski definition) is 3. The molecule has 2 atom stereocenters. The molecule has 4 nitrogen and oxygen atoms in total. The Bertz CT molecular complexity index is 137. The predicted octanol–water partition coefficient (Wildman–Crippen LogP) is -0.389. The van der Waals surface area contributed by atoms with Gasteiger partial charge in [0.25, 0.3) is 0 Å². The van der Waals surface area contributed by atoms with Crippen LogP contribution < -0.4 is 11.1 Å². The van der Waals surface area contributed by atoms with Crippen LogP contribution in [0.25, 0.3) is 0 Å². The quantitative estimate of drug-likeness (QED) is 0.531. The fraction of sp³-hybridized carbons (Fsp3) is 0.875. The van der Waals surface area contributed by atoms with Crippen LogP contribution in [0.3, 0.4) is 0 Å². The molecule has 4 N–H and O–H groups in total. The minimum absolute atomic E-state index is 0.0704. The van der Waals surface area contributed by atoms with Gasteiger partial charge in [-0.2, -0.15) is 0 Å². The van der Waals surface area contributed by atoms with Crippen LogP contribution in [0.2, 0.25) is 0 Å². The second-order valence-corrected chi connectivity index (χ2v) is 3.03. The van der Waals surface area contributed by atoms with Crippen LogP contribution in [0, 0.1) is 0 Å². The van der Waals surface area contributed by atoms with Crippen molar-refractivity contribution in [2.45, 2.75) is 38.8 Å². The first-order valence-electron chi connectivity index (χ1n) is 4.26. The van der Waals surface area contributed by atoms with E-state index in [0.29, 0.717) is 13.0 Å². The summed E-state index contributed by atoms with van der Waals surface area (Å²) in [7, 11) is 0. The van der Waals surface area contributed by atoms with Crippen LogP contribution in [-0.4, -0.2) is 29.7 Å². The zero-order valence-electron chi connectivity index (χ0n) is 7.71. The van der Waals surface area contributed by atoms with Gasteiger partial charge in [-0.05, 0) is 13.3 Å². The largest absolute Gasteiger partial charge is 0.392 e. The Balaban J connectivity index is 3.46. The topological polar surface area (TPSA) is 75.4 Å². The number of nitrogens with two attached hydrogens (primary N) is 1. The second-order valence-electron chi connectivity index (χ2n) is 3.03. The van der Waals surface area contributed by atoms with E-state index in [1.165, 1.54) is 0 Å². The van der Waals surface area contributed by atoms with E-state index in [-0.39, 0.29) is 11.9 Å². The van der Waals surface area contributed by atoms with Gasteiger partial charge in [-0.25, -0.2) is 0 Å². The number of amides is 1. The lowest BCUT2D eigenvalue weighted by atomic mass is 10.1. The number of aliphatic hydroxyl groups is 1. The van der Waals surface area contributed by atoms with Crippen molar-refractivity contribution >= 4 is 5.91 Å². The third kappa shape index (κ3) is 6.12. The number of hydrogen-bond donors (Lipinski definition) is 3. The predicted molar refractivity (Wildman–Crippen MR) is 47.6 cm³/mol. The molecule has 12 heavy (non-hydrogen) atoms. The van der Waals surface area contributed by atoms with Gasteiger partial charge in [-0.15, -0.1) is 0 Å².